The first-order chi connectivity index (χ1) is 8.61. The smallest absolute Gasteiger partial charge is 0.255 e. The minimum atomic E-state index is -0.598. The van der Waals surface area contributed by atoms with Gasteiger partial charge in [-0.05, 0) is 6.07 Å². The molecule has 5 nitrogen and oxygen atoms in total. The lowest BCUT2D eigenvalue weighted by Gasteiger charge is -2.30. The summed E-state index contributed by atoms with van der Waals surface area (Å²) >= 11 is 11.7. The summed E-state index contributed by atoms with van der Waals surface area (Å²) in [5.41, 5.74) is 0.287. The van der Waals surface area contributed by atoms with Crippen LogP contribution in [0.5, 0.6) is 0 Å². The van der Waals surface area contributed by atoms with E-state index in [2.05, 4.69) is 4.98 Å². The van der Waals surface area contributed by atoms with Crippen molar-refractivity contribution in [3.05, 3.63) is 28.0 Å². The number of pyridine rings is 1. The number of hydrogen-bond donors (Lipinski definition) is 0. The Morgan fingerprint density at radius 3 is 3.11 bits per heavy atom. The molecule has 0 saturated carbocycles. The fraction of sp³-hybridized carbons (Fsp3) is 0.364. The van der Waals surface area contributed by atoms with Gasteiger partial charge in [0.25, 0.3) is 5.91 Å². The Balaban J connectivity index is 2.21. The van der Waals surface area contributed by atoms with Crippen LogP contribution in [0.3, 0.4) is 0 Å². The van der Waals surface area contributed by atoms with Crippen molar-refractivity contribution >= 4 is 29.1 Å². The summed E-state index contributed by atoms with van der Waals surface area (Å²) in [7, 11) is 0. The number of amides is 1. The largest absolute Gasteiger partial charge is 0.360 e. The van der Waals surface area contributed by atoms with Crippen LogP contribution < -0.4 is 0 Å². The number of aromatic nitrogens is 1. The van der Waals surface area contributed by atoms with Crippen molar-refractivity contribution in [3.63, 3.8) is 0 Å². The topological polar surface area (TPSA) is 66.2 Å². The minimum Gasteiger partial charge on any atom is -0.360 e. The van der Waals surface area contributed by atoms with Gasteiger partial charge < -0.3 is 9.64 Å². The van der Waals surface area contributed by atoms with Crippen LogP contribution in [0.1, 0.15) is 10.4 Å². The zero-order valence-corrected chi connectivity index (χ0v) is 10.8. The van der Waals surface area contributed by atoms with Crippen molar-refractivity contribution in [2.45, 2.75) is 6.10 Å². The average Bonchev–Trinajstić information content (AvgIpc) is 2.41. The van der Waals surface area contributed by atoms with Crippen LogP contribution in [0.4, 0.5) is 0 Å². The summed E-state index contributed by atoms with van der Waals surface area (Å²) in [5, 5.41) is 9.23. The fourth-order valence-corrected chi connectivity index (χ4v) is 2.00. The molecule has 1 atom stereocenters. The molecule has 1 aliphatic heterocycles. The second-order valence-corrected chi connectivity index (χ2v) is 4.52. The van der Waals surface area contributed by atoms with Crippen LogP contribution in [-0.2, 0) is 4.74 Å². The van der Waals surface area contributed by atoms with Gasteiger partial charge in [0.15, 0.2) is 6.10 Å². The normalized spacial score (nSPS) is 19.4. The predicted octanol–water partition coefficient (Wildman–Crippen LogP) is 1.75. The zero-order valence-electron chi connectivity index (χ0n) is 9.27. The number of morpholine rings is 1. The maximum atomic E-state index is 12.2. The van der Waals surface area contributed by atoms with Crippen molar-refractivity contribution in [3.8, 4) is 6.07 Å². The highest BCUT2D eigenvalue weighted by Gasteiger charge is 2.26. The summed E-state index contributed by atoms with van der Waals surface area (Å²) in [4.78, 5) is 17.5. The SMILES string of the molecule is N#CC1CN(C(=O)c2cc(Cl)ncc2Cl)CCO1. The van der Waals surface area contributed by atoms with E-state index in [-0.39, 0.29) is 28.2 Å². The van der Waals surface area contributed by atoms with Gasteiger partial charge in [-0.3, -0.25) is 4.79 Å². The molecular formula is C11H9Cl2N3O2. The van der Waals surface area contributed by atoms with E-state index in [1.807, 2.05) is 6.07 Å². The van der Waals surface area contributed by atoms with E-state index in [0.717, 1.165) is 0 Å². The van der Waals surface area contributed by atoms with Crippen molar-refractivity contribution in [1.82, 2.24) is 9.88 Å². The molecule has 2 heterocycles. The monoisotopic (exact) mass is 285 g/mol. The van der Waals surface area contributed by atoms with Crippen molar-refractivity contribution in [2.75, 3.05) is 19.7 Å². The number of hydrogen-bond acceptors (Lipinski definition) is 4. The van der Waals surface area contributed by atoms with Crippen LogP contribution >= 0.6 is 23.2 Å². The van der Waals surface area contributed by atoms with E-state index in [1.54, 1.807) is 0 Å². The van der Waals surface area contributed by atoms with Gasteiger partial charge in [-0.15, -0.1) is 0 Å². The van der Waals surface area contributed by atoms with Crippen molar-refractivity contribution in [1.29, 1.82) is 5.26 Å². The van der Waals surface area contributed by atoms with Crippen LogP contribution in [0, 0.1) is 11.3 Å². The molecule has 7 heteroatoms. The zero-order chi connectivity index (χ0) is 13.1. The lowest BCUT2D eigenvalue weighted by molar-refractivity contribution is 0.00347. The van der Waals surface area contributed by atoms with Gasteiger partial charge in [-0.25, -0.2) is 4.98 Å². The van der Waals surface area contributed by atoms with E-state index in [1.165, 1.54) is 17.2 Å². The summed E-state index contributed by atoms with van der Waals surface area (Å²) in [6, 6.07) is 3.40. The van der Waals surface area contributed by atoms with Gasteiger partial charge in [0.1, 0.15) is 5.15 Å². The predicted molar refractivity (Wildman–Crippen MR) is 65.5 cm³/mol. The molecule has 1 unspecified atom stereocenters. The molecule has 0 bridgehead atoms. The second-order valence-electron chi connectivity index (χ2n) is 3.73. The molecule has 2 rings (SSSR count). The van der Waals surface area contributed by atoms with Gasteiger partial charge in [0, 0.05) is 12.7 Å². The molecule has 1 amide bonds. The first-order valence-electron chi connectivity index (χ1n) is 5.23. The van der Waals surface area contributed by atoms with Gasteiger partial charge in [-0.1, -0.05) is 23.2 Å². The molecule has 0 spiro atoms. The molecule has 18 heavy (non-hydrogen) atoms. The number of nitrogens with zero attached hydrogens (tertiary/aromatic N) is 3. The van der Waals surface area contributed by atoms with E-state index >= 15 is 0 Å². The Bertz CT molecular complexity index is 516. The van der Waals surface area contributed by atoms with Crippen LogP contribution in [-0.4, -0.2) is 41.6 Å². The quantitative estimate of drug-likeness (QED) is 0.738. The van der Waals surface area contributed by atoms with E-state index in [0.29, 0.717) is 13.2 Å². The Kier molecular flexibility index (Phi) is 4.02. The first-order valence-corrected chi connectivity index (χ1v) is 5.99. The van der Waals surface area contributed by atoms with Crippen LogP contribution in [0.2, 0.25) is 10.2 Å². The molecule has 0 aromatic carbocycles. The highest BCUT2D eigenvalue weighted by molar-refractivity contribution is 6.35. The summed E-state index contributed by atoms with van der Waals surface area (Å²) in [6.07, 6.45) is 0.734. The Morgan fingerprint density at radius 2 is 2.39 bits per heavy atom. The van der Waals surface area contributed by atoms with Crippen LogP contribution in [0.15, 0.2) is 12.3 Å². The van der Waals surface area contributed by atoms with Gasteiger partial charge in [0.2, 0.25) is 0 Å². The first kappa shape index (κ1) is 13.1. The summed E-state index contributed by atoms with van der Waals surface area (Å²) in [6.45, 7) is 0.985. The molecular weight excluding hydrogens is 277 g/mol. The van der Waals surface area contributed by atoms with Gasteiger partial charge >= 0.3 is 0 Å². The number of carbonyl (C=O) groups excluding carboxylic acids is 1. The van der Waals surface area contributed by atoms with Crippen molar-refractivity contribution < 1.29 is 9.53 Å². The summed E-state index contributed by atoms with van der Waals surface area (Å²) in [5.74, 6) is -0.271. The Morgan fingerprint density at radius 1 is 1.61 bits per heavy atom. The molecule has 1 aliphatic rings. The fourth-order valence-electron chi connectivity index (χ4n) is 1.66. The van der Waals surface area contributed by atoms with Gasteiger partial charge in [0.05, 0.1) is 29.8 Å². The number of carbonyl (C=O) groups is 1. The maximum absolute atomic E-state index is 12.2. The third-order valence-electron chi connectivity index (χ3n) is 2.55. The number of rotatable bonds is 1. The average molecular weight is 286 g/mol. The third kappa shape index (κ3) is 2.72. The highest BCUT2D eigenvalue weighted by Crippen LogP contribution is 2.21. The second kappa shape index (κ2) is 5.53. The Hall–Kier alpha value is -1.35. The number of halogens is 2. The highest BCUT2D eigenvalue weighted by atomic mass is 35.5. The standard InChI is InChI=1S/C11H9Cl2N3O2/c12-9-5-15-10(13)3-8(9)11(17)16-1-2-18-7(4-14)6-16/h3,5,7H,1-2,6H2. The molecule has 1 aromatic heterocycles. The van der Waals surface area contributed by atoms with Crippen LogP contribution in [0.25, 0.3) is 0 Å². The van der Waals surface area contributed by atoms with Crippen molar-refractivity contribution in [2.24, 2.45) is 0 Å². The Labute approximate surface area is 114 Å². The molecule has 1 fully saturated rings. The van der Waals surface area contributed by atoms with E-state index in [4.69, 9.17) is 33.2 Å². The maximum Gasteiger partial charge on any atom is 0.255 e. The number of nitriles is 1. The molecule has 94 valence electrons. The van der Waals surface area contributed by atoms with E-state index < -0.39 is 6.10 Å². The summed E-state index contributed by atoms with van der Waals surface area (Å²) < 4.78 is 5.17. The van der Waals surface area contributed by atoms with Gasteiger partial charge in [-0.2, -0.15) is 5.26 Å². The number of ether oxygens (including phenoxy) is 1. The molecule has 1 aromatic rings. The van der Waals surface area contributed by atoms with E-state index in [9.17, 15) is 4.79 Å². The molecule has 1 saturated heterocycles. The third-order valence-corrected chi connectivity index (χ3v) is 3.06. The molecule has 0 aliphatic carbocycles. The minimum absolute atomic E-state index is 0.202. The lowest BCUT2D eigenvalue weighted by Crippen LogP contribution is -2.45. The molecule has 0 N–H and O–H groups in total. The lowest BCUT2D eigenvalue weighted by atomic mass is 10.2. The molecule has 0 radical (unpaired) electrons.